The lowest BCUT2D eigenvalue weighted by Gasteiger charge is -2.22. The fourth-order valence-electron chi connectivity index (χ4n) is 6.42. The summed E-state index contributed by atoms with van der Waals surface area (Å²) in [7, 11) is 0. The summed E-state index contributed by atoms with van der Waals surface area (Å²) < 4.78 is 7.98. The molecule has 8 rings (SSSR count). The number of fused-ring (bicyclic) bond motifs is 6. The van der Waals surface area contributed by atoms with Crippen molar-refractivity contribution < 1.29 is 4.42 Å². The van der Waals surface area contributed by atoms with Crippen LogP contribution < -0.4 is 0 Å². The van der Waals surface area contributed by atoms with Crippen molar-refractivity contribution in [2.24, 2.45) is 0 Å². The second-order valence-corrected chi connectivity index (χ2v) is 10.9. The molecule has 0 saturated heterocycles. The molecule has 0 saturated carbocycles. The van der Waals surface area contributed by atoms with Crippen LogP contribution in [0, 0.1) is 0 Å². The Kier molecular flexibility index (Phi) is 4.57. The zero-order chi connectivity index (χ0) is 26.1. The van der Waals surface area contributed by atoms with Gasteiger partial charge >= 0.3 is 0 Å². The Bertz CT molecular complexity index is 2030. The van der Waals surface area contributed by atoms with E-state index in [4.69, 9.17) is 9.52 Å². The zero-order valence-corrected chi connectivity index (χ0v) is 21.8. The molecule has 1 aliphatic rings. The van der Waals surface area contributed by atoms with Gasteiger partial charge in [-0.15, -0.1) is 0 Å². The predicted molar refractivity (Wildman–Crippen MR) is 159 cm³/mol. The highest BCUT2D eigenvalue weighted by Crippen LogP contribution is 2.50. The summed E-state index contributed by atoms with van der Waals surface area (Å²) in [6.07, 6.45) is 1.72. The number of furan rings is 1. The van der Waals surface area contributed by atoms with E-state index >= 15 is 0 Å². The van der Waals surface area contributed by atoms with Crippen molar-refractivity contribution in [3.63, 3.8) is 0 Å². The van der Waals surface area contributed by atoms with Gasteiger partial charge in [0.25, 0.3) is 0 Å². The molecule has 1 aliphatic carbocycles. The van der Waals surface area contributed by atoms with Crippen LogP contribution in [0.3, 0.4) is 0 Å². The summed E-state index contributed by atoms with van der Waals surface area (Å²) in [5, 5.41) is 7.62. The van der Waals surface area contributed by atoms with Crippen molar-refractivity contribution in [1.82, 2.24) is 9.61 Å². The monoisotopic (exact) mass is 502 g/mol. The SMILES string of the molecule is CC1(C)c2ccccc2-c2ccc(-c3c(-c4ccccc4)nn4c(-c5ccco5)cc5ccccc5c34)cc21. The van der Waals surface area contributed by atoms with Gasteiger partial charge in [-0.3, -0.25) is 0 Å². The third-order valence-electron chi connectivity index (χ3n) is 8.31. The van der Waals surface area contributed by atoms with E-state index in [0.717, 1.165) is 39.2 Å². The van der Waals surface area contributed by atoms with Crippen molar-refractivity contribution in [3.8, 4) is 45.0 Å². The summed E-state index contributed by atoms with van der Waals surface area (Å²) in [5.41, 5.74) is 11.7. The molecule has 3 nitrogen and oxygen atoms in total. The Morgan fingerprint density at radius 3 is 2.28 bits per heavy atom. The van der Waals surface area contributed by atoms with E-state index in [1.54, 1.807) is 6.26 Å². The first-order valence-electron chi connectivity index (χ1n) is 13.4. The van der Waals surface area contributed by atoms with Crippen molar-refractivity contribution >= 4 is 16.3 Å². The molecule has 0 unspecified atom stereocenters. The Morgan fingerprint density at radius 2 is 1.44 bits per heavy atom. The van der Waals surface area contributed by atoms with Crippen LogP contribution in [0.4, 0.5) is 0 Å². The molecule has 3 heteroatoms. The minimum Gasteiger partial charge on any atom is -0.463 e. The van der Waals surface area contributed by atoms with Gasteiger partial charge in [-0.05, 0) is 57.5 Å². The van der Waals surface area contributed by atoms with Crippen LogP contribution >= 0.6 is 0 Å². The van der Waals surface area contributed by atoms with Crippen molar-refractivity contribution in [3.05, 3.63) is 133 Å². The fourth-order valence-corrected chi connectivity index (χ4v) is 6.42. The largest absolute Gasteiger partial charge is 0.463 e. The molecule has 3 heterocycles. The molecule has 0 atom stereocenters. The molecular formula is C36H26N2O. The van der Waals surface area contributed by atoms with Gasteiger partial charge in [0.05, 0.1) is 11.8 Å². The summed E-state index contributed by atoms with van der Waals surface area (Å²) >= 11 is 0. The van der Waals surface area contributed by atoms with Crippen LogP contribution in [-0.2, 0) is 5.41 Å². The van der Waals surface area contributed by atoms with Gasteiger partial charge in [-0.2, -0.15) is 5.10 Å². The first kappa shape index (κ1) is 22.1. The van der Waals surface area contributed by atoms with Crippen molar-refractivity contribution in [2.45, 2.75) is 19.3 Å². The number of pyridine rings is 1. The molecule has 0 radical (unpaired) electrons. The lowest BCUT2D eigenvalue weighted by molar-refractivity contribution is 0.578. The standard InChI is InChI=1S/C36H26N2O/c1-36(2)29-16-9-8-15-27(29)28-19-18-25(21-30(28)36)33-34(23-11-4-3-5-12-23)37-38-31(32-17-10-20-39-32)22-24-13-6-7-14-26(24)35(33)38/h3-22H,1-2H3. The van der Waals surface area contributed by atoms with Gasteiger partial charge in [0.2, 0.25) is 0 Å². The average molecular weight is 503 g/mol. The number of hydrogen-bond donors (Lipinski definition) is 0. The lowest BCUT2D eigenvalue weighted by atomic mass is 9.81. The molecule has 0 fully saturated rings. The number of aromatic nitrogens is 2. The van der Waals surface area contributed by atoms with Crippen molar-refractivity contribution in [2.75, 3.05) is 0 Å². The first-order chi connectivity index (χ1) is 19.1. The smallest absolute Gasteiger partial charge is 0.152 e. The molecule has 186 valence electrons. The molecule has 0 spiro atoms. The van der Waals surface area contributed by atoms with Gasteiger partial charge < -0.3 is 4.42 Å². The van der Waals surface area contributed by atoms with Gasteiger partial charge in [-0.25, -0.2) is 4.52 Å². The lowest BCUT2D eigenvalue weighted by Crippen LogP contribution is -2.14. The molecule has 0 bridgehead atoms. The summed E-state index contributed by atoms with van der Waals surface area (Å²) in [5.74, 6) is 0.796. The summed E-state index contributed by atoms with van der Waals surface area (Å²) in [6, 6.07) is 40.9. The Hall–Kier alpha value is -4.89. The number of nitrogens with zero attached hydrogens (tertiary/aromatic N) is 2. The topological polar surface area (TPSA) is 30.4 Å². The van der Waals surface area contributed by atoms with Crippen LogP contribution in [0.25, 0.3) is 61.3 Å². The van der Waals surface area contributed by atoms with Gasteiger partial charge in [0, 0.05) is 21.9 Å². The van der Waals surface area contributed by atoms with E-state index in [1.807, 2.05) is 12.1 Å². The van der Waals surface area contributed by atoms with E-state index in [0.29, 0.717) is 0 Å². The normalized spacial score (nSPS) is 13.6. The number of rotatable bonds is 3. The van der Waals surface area contributed by atoms with E-state index in [2.05, 4.69) is 121 Å². The zero-order valence-electron chi connectivity index (χ0n) is 21.8. The van der Waals surface area contributed by atoms with Crippen molar-refractivity contribution in [1.29, 1.82) is 0 Å². The average Bonchev–Trinajstić information content (AvgIpc) is 3.70. The fraction of sp³-hybridized carbons (Fsp3) is 0.0833. The molecule has 0 aliphatic heterocycles. The Balaban J connectivity index is 1.50. The predicted octanol–water partition coefficient (Wildman–Crippen LogP) is 9.39. The Labute approximate surface area is 227 Å². The highest BCUT2D eigenvalue weighted by molar-refractivity contribution is 6.08. The van der Waals surface area contributed by atoms with Gasteiger partial charge in [-0.1, -0.05) is 105 Å². The highest BCUT2D eigenvalue weighted by atomic mass is 16.3. The summed E-state index contributed by atoms with van der Waals surface area (Å²) in [6.45, 7) is 4.67. The number of benzene rings is 4. The van der Waals surface area contributed by atoms with Crippen LogP contribution in [0.2, 0.25) is 0 Å². The van der Waals surface area contributed by atoms with Crippen LogP contribution in [-0.4, -0.2) is 9.61 Å². The molecule has 0 amide bonds. The van der Waals surface area contributed by atoms with E-state index in [-0.39, 0.29) is 5.41 Å². The first-order valence-corrected chi connectivity index (χ1v) is 13.4. The molecule has 39 heavy (non-hydrogen) atoms. The Morgan fingerprint density at radius 1 is 0.667 bits per heavy atom. The summed E-state index contributed by atoms with van der Waals surface area (Å²) in [4.78, 5) is 0. The molecule has 4 aromatic carbocycles. The molecular weight excluding hydrogens is 476 g/mol. The van der Waals surface area contributed by atoms with Crippen LogP contribution in [0.1, 0.15) is 25.0 Å². The van der Waals surface area contributed by atoms with Crippen LogP contribution in [0.5, 0.6) is 0 Å². The molecule has 7 aromatic rings. The van der Waals surface area contributed by atoms with E-state index in [9.17, 15) is 0 Å². The van der Waals surface area contributed by atoms with Gasteiger partial charge in [0.1, 0.15) is 11.4 Å². The molecule has 3 aromatic heterocycles. The van der Waals surface area contributed by atoms with E-state index < -0.39 is 0 Å². The number of hydrogen-bond acceptors (Lipinski definition) is 2. The van der Waals surface area contributed by atoms with E-state index in [1.165, 1.54) is 33.2 Å². The van der Waals surface area contributed by atoms with Gasteiger partial charge in [0.15, 0.2) is 5.76 Å². The van der Waals surface area contributed by atoms with Crippen LogP contribution in [0.15, 0.2) is 126 Å². The maximum atomic E-state index is 5.90. The maximum Gasteiger partial charge on any atom is 0.152 e. The minimum absolute atomic E-state index is 0.0841. The minimum atomic E-state index is -0.0841. The quantitative estimate of drug-likeness (QED) is 0.241. The third-order valence-corrected chi connectivity index (χ3v) is 8.31. The molecule has 0 N–H and O–H groups in total. The highest BCUT2D eigenvalue weighted by Gasteiger charge is 2.35. The second-order valence-electron chi connectivity index (χ2n) is 10.9. The maximum absolute atomic E-state index is 5.90. The second kappa shape index (κ2) is 8.05. The third kappa shape index (κ3) is 3.13.